The van der Waals surface area contributed by atoms with E-state index in [4.69, 9.17) is 4.99 Å². The summed E-state index contributed by atoms with van der Waals surface area (Å²) < 4.78 is 0.330. The van der Waals surface area contributed by atoms with Gasteiger partial charge in [0.1, 0.15) is 0 Å². The molecule has 2 nitrogen and oxygen atoms in total. The van der Waals surface area contributed by atoms with Crippen LogP contribution in [-0.4, -0.2) is 34.0 Å². The van der Waals surface area contributed by atoms with E-state index in [1.165, 1.54) is 25.0 Å². The average molecular weight is 274 g/mol. The topological polar surface area (TPSA) is 24.4 Å². The van der Waals surface area contributed by atoms with E-state index in [9.17, 15) is 0 Å². The molecule has 0 aromatic rings. The maximum Gasteiger partial charge on any atom is 0.157 e. The van der Waals surface area contributed by atoms with Gasteiger partial charge in [0.15, 0.2) is 5.17 Å². The molecular weight excluding hydrogens is 248 g/mol. The van der Waals surface area contributed by atoms with Crippen molar-refractivity contribution in [3.05, 3.63) is 0 Å². The third kappa shape index (κ3) is 4.40. The van der Waals surface area contributed by atoms with Gasteiger partial charge in [-0.05, 0) is 39.4 Å². The second-order valence-electron chi connectivity index (χ2n) is 5.32. The van der Waals surface area contributed by atoms with Crippen LogP contribution in [0.25, 0.3) is 0 Å². The zero-order valence-corrected chi connectivity index (χ0v) is 13.4. The van der Waals surface area contributed by atoms with Crippen LogP contribution in [0, 0.1) is 0 Å². The molecule has 0 amide bonds. The molecule has 0 bridgehead atoms. The van der Waals surface area contributed by atoms with Crippen LogP contribution in [0.2, 0.25) is 0 Å². The molecule has 1 saturated heterocycles. The maximum absolute atomic E-state index is 4.81. The molecule has 4 heteroatoms. The van der Waals surface area contributed by atoms with Crippen molar-refractivity contribution in [3.63, 3.8) is 0 Å². The van der Waals surface area contributed by atoms with Gasteiger partial charge in [-0.2, -0.15) is 11.8 Å². The first-order valence-electron chi connectivity index (χ1n) is 6.47. The molecular formula is C13H26N2S2. The van der Waals surface area contributed by atoms with Crippen LogP contribution in [-0.2, 0) is 0 Å². The Bertz CT molecular complexity index is 262. The third-order valence-electron chi connectivity index (χ3n) is 3.64. The summed E-state index contributed by atoms with van der Waals surface area (Å²) in [5, 5.41) is 4.68. The Morgan fingerprint density at radius 2 is 2.06 bits per heavy atom. The van der Waals surface area contributed by atoms with Gasteiger partial charge in [0.05, 0.1) is 6.54 Å². The Kier molecular flexibility index (Phi) is 5.71. The number of hydrogen-bond donors (Lipinski definition) is 1. The lowest BCUT2D eigenvalue weighted by Crippen LogP contribution is -2.46. The average Bonchev–Trinajstić information content (AvgIpc) is 2.30. The van der Waals surface area contributed by atoms with Crippen LogP contribution in [0.5, 0.6) is 0 Å². The predicted molar refractivity (Wildman–Crippen MR) is 83.4 cm³/mol. The molecule has 0 spiro atoms. The van der Waals surface area contributed by atoms with E-state index < -0.39 is 0 Å². The van der Waals surface area contributed by atoms with Gasteiger partial charge in [0.2, 0.25) is 0 Å². The van der Waals surface area contributed by atoms with Crippen molar-refractivity contribution in [1.29, 1.82) is 0 Å². The van der Waals surface area contributed by atoms with Gasteiger partial charge < -0.3 is 5.32 Å². The molecule has 1 heterocycles. The zero-order chi connectivity index (χ0) is 12.9. The third-order valence-corrected chi connectivity index (χ3v) is 6.13. The minimum atomic E-state index is 0.213. The standard InChI is InChI=1S/C13H26N2S2/c1-6-13(7-2,16-5)10-14-11-15-12(3,4)8-9-17-11/h6-10H2,1-5H3,(H,14,15). The van der Waals surface area contributed by atoms with E-state index >= 15 is 0 Å². The number of nitrogens with one attached hydrogen (secondary N) is 1. The summed E-state index contributed by atoms with van der Waals surface area (Å²) in [6, 6.07) is 0. The lowest BCUT2D eigenvalue weighted by Gasteiger charge is -2.33. The number of hydrogen-bond acceptors (Lipinski definition) is 3. The predicted octanol–water partition coefficient (Wildman–Crippen LogP) is 3.77. The van der Waals surface area contributed by atoms with Gasteiger partial charge >= 0.3 is 0 Å². The first kappa shape index (κ1) is 15.2. The molecule has 17 heavy (non-hydrogen) atoms. The van der Waals surface area contributed by atoms with Gasteiger partial charge in [-0.1, -0.05) is 25.6 Å². The largest absolute Gasteiger partial charge is 0.360 e. The molecule has 1 fully saturated rings. The van der Waals surface area contributed by atoms with Crippen LogP contribution in [0.1, 0.15) is 47.0 Å². The molecule has 100 valence electrons. The minimum Gasteiger partial charge on any atom is -0.360 e. The van der Waals surface area contributed by atoms with Crippen molar-refractivity contribution < 1.29 is 0 Å². The normalized spacial score (nSPS) is 22.5. The molecule has 0 radical (unpaired) electrons. The summed E-state index contributed by atoms with van der Waals surface area (Å²) in [7, 11) is 0. The van der Waals surface area contributed by atoms with E-state index in [0.717, 1.165) is 11.7 Å². The molecule has 1 rings (SSSR count). The highest BCUT2D eigenvalue weighted by Crippen LogP contribution is 2.31. The Balaban J connectivity index is 2.63. The molecule has 1 N–H and O–H groups in total. The number of amidine groups is 1. The maximum atomic E-state index is 4.81. The molecule has 1 aliphatic heterocycles. The Morgan fingerprint density at radius 1 is 1.41 bits per heavy atom. The number of aliphatic imine (C=N–C) groups is 1. The number of nitrogens with zero attached hydrogens (tertiary/aromatic N) is 1. The Labute approximate surface area is 115 Å². The molecule has 0 aromatic heterocycles. The van der Waals surface area contributed by atoms with E-state index in [-0.39, 0.29) is 5.54 Å². The Morgan fingerprint density at radius 3 is 2.53 bits per heavy atom. The van der Waals surface area contributed by atoms with Crippen LogP contribution in [0.4, 0.5) is 0 Å². The summed E-state index contributed by atoms with van der Waals surface area (Å²) in [6.07, 6.45) is 5.80. The van der Waals surface area contributed by atoms with E-state index in [1.807, 2.05) is 23.5 Å². The second-order valence-corrected chi connectivity index (χ2v) is 7.68. The fourth-order valence-electron chi connectivity index (χ4n) is 1.92. The van der Waals surface area contributed by atoms with Gasteiger partial charge in [0, 0.05) is 16.0 Å². The van der Waals surface area contributed by atoms with Gasteiger partial charge in [0.25, 0.3) is 0 Å². The second kappa shape index (κ2) is 6.37. The summed E-state index contributed by atoms with van der Waals surface area (Å²) in [4.78, 5) is 4.81. The van der Waals surface area contributed by atoms with Crippen LogP contribution in [0.15, 0.2) is 4.99 Å². The fourth-order valence-corrected chi connectivity index (χ4v) is 4.00. The van der Waals surface area contributed by atoms with Crippen LogP contribution in [0.3, 0.4) is 0 Å². The lowest BCUT2D eigenvalue weighted by molar-refractivity contribution is 0.445. The lowest BCUT2D eigenvalue weighted by atomic mass is 10.0. The van der Waals surface area contributed by atoms with Crippen molar-refractivity contribution >= 4 is 28.7 Å². The molecule has 0 unspecified atom stereocenters. The quantitative estimate of drug-likeness (QED) is 0.826. The van der Waals surface area contributed by atoms with Crippen molar-refractivity contribution in [2.45, 2.75) is 57.2 Å². The summed E-state index contributed by atoms with van der Waals surface area (Å²) in [5.41, 5.74) is 0.213. The van der Waals surface area contributed by atoms with Gasteiger partial charge in [-0.25, -0.2) is 0 Å². The zero-order valence-electron chi connectivity index (χ0n) is 11.8. The number of thioether (sulfide) groups is 2. The molecule has 1 aliphatic rings. The van der Waals surface area contributed by atoms with Crippen molar-refractivity contribution in [2.75, 3.05) is 18.6 Å². The van der Waals surface area contributed by atoms with E-state index in [0.29, 0.717) is 4.75 Å². The molecule has 0 aliphatic carbocycles. The van der Waals surface area contributed by atoms with E-state index in [1.54, 1.807) is 0 Å². The first-order valence-corrected chi connectivity index (χ1v) is 8.68. The van der Waals surface area contributed by atoms with Crippen LogP contribution >= 0.6 is 23.5 Å². The summed E-state index contributed by atoms with van der Waals surface area (Å²) >= 11 is 3.83. The number of rotatable bonds is 5. The Hall–Kier alpha value is 0.170. The summed E-state index contributed by atoms with van der Waals surface area (Å²) in [5.74, 6) is 1.18. The summed E-state index contributed by atoms with van der Waals surface area (Å²) in [6.45, 7) is 9.98. The van der Waals surface area contributed by atoms with Crippen LogP contribution < -0.4 is 5.32 Å². The van der Waals surface area contributed by atoms with E-state index in [2.05, 4.69) is 39.3 Å². The molecule has 0 aromatic carbocycles. The molecule has 0 saturated carbocycles. The SMILES string of the molecule is CCC(CC)(CN=C1NC(C)(C)CCS1)SC. The van der Waals surface area contributed by atoms with Gasteiger partial charge in [-0.3, -0.25) is 4.99 Å². The smallest absolute Gasteiger partial charge is 0.157 e. The highest BCUT2D eigenvalue weighted by Gasteiger charge is 2.27. The highest BCUT2D eigenvalue weighted by atomic mass is 32.2. The van der Waals surface area contributed by atoms with Crippen molar-refractivity contribution in [2.24, 2.45) is 4.99 Å². The fraction of sp³-hybridized carbons (Fsp3) is 0.923. The molecule has 0 atom stereocenters. The van der Waals surface area contributed by atoms with Crippen molar-refractivity contribution in [1.82, 2.24) is 5.32 Å². The minimum absolute atomic E-state index is 0.213. The monoisotopic (exact) mass is 274 g/mol. The first-order chi connectivity index (χ1) is 7.97. The van der Waals surface area contributed by atoms with Crippen molar-refractivity contribution in [3.8, 4) is 0 Å². The highest BCUT2D eigenvalue weighted by molar-refractivity contribution is 8.13. The van der Waals surface area contributed by atoms with Gasteiger partial charge in [-0.15, -0.1) is 0 Å².